The van der Waals surface area contributed by atoms with Crippen LogP contribution in [0, 0.1) is 0 Å². The van der Waals surface area contributed by atoms with E-state index in [4.69, 9.17) is 4.74 Å². The van der Waals surface area contributed by atoms with Gasteiger partial charge in [0.05, 0.1) is 0 Å². The van der Waals surface area contributed by atoms with Gasteiger partial charge in [-0.2, -0.15) is 0 Å². The summed E-state index contributed by atoms with van der Waals surface area (Å²) in [6.45, 7) is -0.118. The second-order valence-electron chi connectivity index (χ2n) is 6.17. The molecule has 0 fully saturated rings. The average molecular weight is 367 g/mol. The predicted octanol–water partition coefficient (Wildman–Crippen LogP) is 2.87. The van der Waals surface area contributed by atoms with Crippen molar-refractivity contribution in [1.82, 2.24) is 5.32 Å². The number of aliphatic hydroxyl groups excluding tert-OH is 2. The Hall–Kier alpha value is -3.09. The van der Waals surface area contributed by atoms with E-state index in [2.05, 4.69) is 5.32 Å². The van der Waals surface area contributed by atoms with Crippen LogP contribution in [0.2, 0.25) is 0 Å². The molecule has 140 valence electrons. The number of benzene rings is 3. The lowest BCUT2D eigenvalue weighted by molar-refractivity contribution is 0.0180. The topological polar surface area (TPSA) is 99.0 Å². The quantitative estimate of drug-likeness (QED) is 0.537. The maximum Gasteiger partial charge on any atom is 0.407 e. The van der Waals surface area contributed by atoms with Gasteiger partial charge < -0.3 is 25.4 Å². The van der Waals surface area contributed by atoms with E-state index in [0.29, 0.717) is 5.39 Å². The third kappa shape index (κ3) is 4.55. The Kier molecular flexibility index (Phi) is 5.90. The van der Waals surface area contributed by atoms with Crippen LogP contribution in [0.15, 0.2) is 66.7 Å². The number of carbonyl (C=O) groups is 1. The van der Waals surface area contributed by atoms with Crippen LogP contribution in [0.3, 0.4) is 0 Å². The second-order valence-corrected chi connectivity index (χ2v) is 6.17. The van der Waals surface area contributed by atoms with E-state index in [1.165, 1.54) is 6.07 Å². The third-order valence-corrected chi connectivity index (χ3v) is 4.28. The van der Waals surface area contributed by atoms with Gasteiger partial charge in [-0.05, 0) is 22.4 Å². The first-order valence-electron chi connectivity index (χ1n) is 8.57. The van der Waals surface area contributed by atoms with Crippen molar-refractivity contribution in [2.45, 2.75) is 18.8 Å². The van der Waals surface area contributed by atoms with E-state index in [9.17, 15) is 20.1 Å². The molecule has 0 saturated heterocycles. The molecule has 0 aliphatic heterocycles. The van der Waals surface area contributed by atoms with E-state index in [-0.39, 0.29) is 24.5 Å². The number of rotatable bonds is 6. The Bertz CT molecular complexity index is 913. The number of nitrogens with one attached hydrogen (secondary N) is 1. The van der Waals surface area contributed by atoms with E-state index >= 15 is 0 Å². The van der Waals surface area contributed by atoms with Gasteiger partial charge in [-0.25, -0.2) is 4.79 Å². The molecule has 27 heavy (non-hydrogen) atoms. The van der Waals surface area contributed by atoms with Crippen molar-refractivity contribution >= 4 is 16.9 Å². The molecule has 0 aromatic heterocycles. The highest BCUT2D eigenvalue weighted by Gasteiger charge is 2.24. The first kappa shape index (κ1) is 18.7. The second kappa shape index (κ2) is 8.53. The first-order valence-corrected chi connectivity index (χ1v) is 8.57. The number of carbonyl (C=O) groups excluding carboxylic acids is 1. The maximum absolute atomic E-state index is 11.8. The molecule has 0 bridgehead atoms. The summed E-state index contributed by atoms with van der Waals surface area (Å²) in [6.07, 6.45) is -3.39. The SMILES string of the molecule is O=C(NCC(O)C(O)c1c(O)ccc2ccccc12)OCc1ccccc1. The predicted molar refractivity (Wildman–Crippen MR) is 101 cm³/mol. The van der Waals surface area contributed by atoms with E-state index in [1.54, 1.807) is 18.2 Å². The molecular weight excluding hydrogens is 346 g/mol. The van der Waals surface area contributed by atoms with Crippen LogP contribution < -0.4 is 5.32 Å². The van der Waals surface area contributed by atoms with Gasteiger partial charge in [0.1, 0.15) is 24.6 Å². The summed E-state index contributed by atoms with van der Waals surface area (Å²) in [7, 11) is 0. The number of hydrogen-bond acceptors (Lipinski definition) is 5. The van der Waals surface area contributed by atoms with Crippen molar-refractivity contribution in [3.8, 4) is 5.75 Å². The molecule has 0 aliphatic carbocycles. The van der Waals surface area contributed by atoms with Gasteiger partial charge in [0, 0.05) is 12.1 Å². The van der Waals surface area contributed by atoms with E-state index in [1.807, 2.05) is 42.5 Å². The van der Waals surface area contributed by atoms with E-state index in [0.717, 1.165) is 10.9 Å². The lowest BCUT2D eigenvalue weighted by atomic mass is 9.96. The number of aliphatic hydroxyl groups is 2. The molecule has 6 nitrogen and oxygen atoms in total. The molecule has 3 aromatic rings. The number of fused-ring (bicyclic) bond motifs is 1. The zero-order valence-corrected chi connectivity index (χ0v) is 14.6. The summed E-state index contributed by atoms with van der Waals surface area (Å²) in [5.41, 5.74) is 1.06. The van der Waals surface area contributed by atoms with Crippen LogP contribution >= 0.6 is 0 Å². The standard InChI is InChI=1S/C21H21NO5/c23-17-11-10-15-8-4-5-9-16(15)19(17)20(25)18(24)12-22-21(26)27-13-14-6-2-1-3-7-14/h1-11,18,20,23-25H,12-13H2,(H,22,26). The lowest BCUT2D eigenvalue weighted by Crippen LogP contribution is -2.35. The zero-order chi connectivity index (χ0) is 19.2. The van der Waals surface area contributed by atoms with Gasteiger partial charge in [-0.15, -0.1) is 0 Å². The number of hydrogen-bond donors (Lipinski definition) is 4. The Morgan fingerprint density at radius 3 is 2.44 bits per heavy atom. The molecule has 0 saturated carbocycles. The van der Waals surface area contributed by atoms with Crippen molar-refractivity contribution < 1.29 is 24.9 Å². The number of alkyl carbamates (subject to hydrolysis) is 1. The van der Waals surface area contributed by atoms with Crippen molar-refractivity contribution in [2.24, 2.45) is 0 Å². The molecule has 3 aromatic carbocycles. The monoisotopic (exact) mass is 367 g/mol. The molecule has 2 unspecified atom stereocenters. The summed E-state index contributed by atoms with van der Waals surface area (Å²) >= 11 is 0. The molecule has 3 rings (SSSR count). The fourth-order valence-corrected chi connectivity index (χ4v) is 2.86. The minimum atomic E-state index is -1.37. The zero-order valence-electron chi connectivity index (χ0n) is 14.6. The summed E-state index contributed by atoms with van der Waals surface area (Å²) in [6, 6.07) is 19.6. The van der Waals surface area contributed by atoms with Gasteiger partial charge in [-0.1, -0.05) is 60.7 Å². The van der Waals surface area contributed by atoms with Crippen molar-refractivity contribution in [3.05, 3.63) is 77.9 Å². The average Bonchev–Trinajstić information content (AvgIpc) is 2.70. The molecule has 0 spiro atoms. The number of amides is 1. The van der Waals surface area contributed by atoms with Gasteiger partial charge in [-0.3, -0.25) is 0 Å². The minimum absolute atomic E-state index is 0.107. The Morgan fingerprint density at radius 2 is 1.67 bits per heavy atom. The summed E-state index contributed by atoms with van der Waals surface area (Å²) < 4.78 is 5.07. The summed E-state index contributed by atoms with van der Waals surface area (Å²) in [5, 5.41) is 34.8. The van der Waals surface area contributed by atoms with Crippen LogP contribution in [0.5, 0.6) is 5.75 Å². The molecule has 4 N–H and O–H groups in total. The molecule has 6 heteroatoms. The first-order chi connectivity index (χ1) is 13.1. The van der Waals surface area contributed by atoms with Gasteiger partial charge >= 0.3 is 6.09 Å². The molecule has 2 atom stereocenters. The number of aromatic hydroxyl groups is 1. The fraction of sp³-hybridized carbons (Fsp3) is 0.190. The van der Waals surface area contributed by atoms with Crippen molar-refractivity contribution in [3.63, 3.8) is 0 Å². The molecule has 0 radical (unpaired) electrons. The highest BCUT2D eigenvalue weighted by molar-refractivity contribution is 5.88. The molecule has 0 heterocycles. The highest BCUT2D eigenvalue weighted by atomic mass is 16.5. The normalized spacial score (nSPS) is 13.1. The number of ether oxygens (including phenoxy) is 1. The van der Waals surface area contributed by atoms with Gasteiger partial charge in [0.15, 0.2) is 0 Å². The number of phenolic OH excluding ortho intramolecular Hbond substituents is 1. The summed E-state index contributed by atoms with van der Waals surface area (Å²) in [5.74, 6) is -0.119. The van der Waals surface area contributed by atoms with Crippen LogP contribution in [0.4, 0.5) is 4.79 Å². The van der Waals surface area contributed by atoms with Gasteiger partial charge in [0.2, 0.25) is 0 Å². The smallest absolute Gasteiger partial charge is 0.407 e. The minimum Gasteiger partial charge on any atom is -0.508 e. The molecular formula is C21H21NO5. The van der Waals surface area contributed by atoms with Gasteiger partial charge in [0.25, 0.3) is 0 Å². The third-order valence-electron chi connectivity index (χ3n) is 4.28. The van der Waals surface area contributed by atoms with E-state index < -0.39 is 18.3 Å². The largest absolute Gasteiger partial charge is 0.508 e. The Labute approximate surface area is 156 Å². The van der Waals surface area contributed by atoms with Crippen LogP contribution in [0.25, 0.3) is 10.8 Å². The maximum atomic E-state index is 11.8. The summed E-state index contributed by atoms with van der Waals surface area (Å²) in [4.78, 5) is 11.8. The van der Waals surface area contributed by atoms with Crippen LogP contribution in [-0.4, -0.2) is 34.1 Å². The van der Waals surface area contributed by atoms with Crippen LogP contribution in [0.1, 0.15) is 17.2 Å². The number of phenols is 1. The van der Waals surface area contributed by atoms with Crippen molar-refractivity contribution in [1.29, 1.82) is 0 Å². The molecule has 1 amide bonds. The molecule has 0 aliphatic rings. The fourth-order valence-electron chi connectivity index (χ4n) is 2.86. The highest BCUT2D eigenvalue weighted by Crippen LogP contribution is 2.33. The lowest BCUT2D eigenvalue weighted by Gasteiger charge is -2.21. The Morgan fingerprint density at radius 1 is 0.963 bits per heavy atom. The van der Waals surface area contributed by atoms with Crippen LogP contribution in [-0.2, 0) is 11.3 Å². The van der Waals surface area contributed by atoms with Crippen molar-refractivity contribution in [2.75, 3.05) is 6.54 Å². The Balaban J connectivity index is 1.60.